The van der Waals surface area contributed by atoms with Gasteiger partial charge in [-0.15, -0.1) is 0 Å². The van der Waals surface area contributed by atoms with Gasteiger partial charge in [-0.25, -0.2) is 0 Å². The monoisotopic (exact) mass is 507 g/mol. The fourth-order valence-corrected chi connectivity index (χ4v) is 7.82. The minimum absolute atomic E-state index is 0.217. The van der Waals surface area contributed by atoms with Gasteiger partial charge in [0, 0.05) is 28.2 Å². The molecule has 6 heteroatoms. The zero-order valence-electron chi connectivity index (χ0n) is 19.3. The molecule has 4 aliphatic rings. The van der Waals surface area contributed by atoms with E-state index in [0.29, 0.717) is 38.0 Å². The fourth-order valence-electron chi connectivity index (χ4n) is 7.03. The first kappa shape index (κ1) is 23.6. The average Bonchev–Trinajstić information content (AvgIpc) is 2.77. The molecule has 0 radical (unpaired) electrons. The highest BCUT2D eigenvalue weighted by atomic mass is 35.5. The Bertz CT molecular complexity index is 969. The van der Waals surface area contributed by atoms with Crippen molar-refractivity contribution in [2.75, 3.05) is 7.11 Å². The lowest BCUT2D eigenvalue weighted by molar-refractivity contribution is -0.0706. The van der Waals surface area contributed by atoms with Gasteiger partial charge in [0.25, 0.3) is 0 Å². The summed E-state index contributed by atoms with van der Waals surface area (Å²) in [4.78, 5) is 0. The molecule has 0 heterocycles. The zero-order valence-corrected chi connectivity index (χ0v) is 21.6. The van der Waals surface area contributed by atoms with Crippen LogP contribution in [0.25, 0.3) is 0 Å². The molecule has 0 aromatic heterocycles. The first-order chi connectivity index (χ1) is 15.9. The third-order valence-corrected chi connectivity index (χ3v) is 9.32. The van der Waals surface area contributed by atoms with Gasteiger partial charge in [-0.05, 0) is 98.4 Å². The van der Waals surface area contributed by atoms with Gasteiger partial charge in [-0.3, -0.25) is 0 Å². The molecule has 178 valence electrons. The lowest BCUT2D eigenvalue weighted by Gasteiger charge is -2.59. The molecule has 4 fully saturated rings. The zero-order chi connectivity index (χ0) is 23.2. The van der Waals surface area contributed by atoms with Gasteiger partial charge in [0.05, 0.1) is 12.1 Å². The predicted octanol–water partition coefficient (Wildman–Crippen LogP) is 7.93. The first-order valence-corrected chi connectivity index (χ1v) is 13.2. The van der Waals surface area contributed by atoms with E-state index in [-0.39, 0.29) is 6.61 Å². The Hall–Kier alpha value is -1.13. The summed E-state index contributed by atoms with van der Waals surface area (Å²) in [6.07, 6.45) is 8.61. The number of nitrogens with one attached hydrogen (secondary N) is 1. The normalized spacial score (nSPS) is 28.7. The van der Waals surface area contributed by atoms with E-state index in [1.807, 2.05) is 18.2 Å². The van der Waals surface area contributed by atoms with Crippen molar-refractivity contribution in [3.8, 4) is 11.5 Å². The van der Waals surface area contributed by atoms with Gasteiger partial charge in [0.15, 0.2) is 11.5 Å². The maximum absolute atomic E-state index is 6.63. The second kappa shape index (κ2) is 9.49. The Morgan fingerprint density at radius 3 is 2.15 bits per heavy atom. The van der Waals surface area contributed by atoms with Crippen molar-refractivity contribution >= 4 is 34.8 Å². The summed E-state index contributed by atoms with van der Waals surface area (Å²) in [6.45, 7) is 3.36. The van der Waals surface area contributed by atoms with Crippen LogP contribution in [-0.2, 0) is 13.2 Å². The van der Waals surface area contributed by atoms with Crippen molar-refractivity contribution in [3.05, 3.63) is 56.5 Å². The fraction of sp³-hybridized carbons (Fsp3) is 0.556. The van der Waals surface area contributed by atoms with Crippen LogP contribution in [0.1, 0.15) is 56.6 Å². The summed E-state index contributed by atoms with van der Waals surface area (Å²) in [5, 5.41) is 5.50. The van der Waals surface area contributed by atoms with Crippen molar-refractivity contribution in [2.24, 2.45) is 23.2 Å². The lowest BCUT2D eigenvalue weighted by atomic mass is 9.48. The molecule has 4 saturated carbocycles. The first-order valence-electron chi connectivity index (χ1n) is 12.0. The van der Waals surface area contributed by atoms with Crippen LogP contribution < -0.4 is 14.8 Å². The maximum atomic E-state index is 6.63. The molecular weight excluding hydrogens is 477 g/mol. The molecule has 4 bridgehead atoms. The number of hydrogen-bond donors (Lipinski definition) is 1. The van der Waals surface area contributed by atoms with Gasteiger partial charge in [0.1, 0.15) is 6.61 Å². The number of hydrogen-bond acceptors (Lipinski definition) is 3. The number of methoxy groups -OCH3 is 1. The second-order valence-corrected chi connectivity index (χ2v) is 11.7. The molecule has 2 aromatic carbocycles. The molecular formula is C27H32Cl3NO2. The average molecular weight is 509 g/mol. The van der Waals surface area contributed by atoms with Crippen LogP contribution in [0.3, 0.4) is 0 Å². The van der Waals surface area contributed by atoms with Crippen molar-refractivity contribution in [2.45, 2.75) is 64.6 Å². The van der Waals surface area contributed by atoms with Crippen molar-refractivity contribution in [1.29, 1.82) is 0 Å². The SMILES string of the molecule is COc1cc(CNC(C)C23CC4CC(CC(C4)C2)C3)cc(Cl)c1OCc1c(Cl)cccc1Cl. The van der Waals surface area contributed by atoms with Crippen LogP contribution in [0.15, 0.2) is 30.3 Å². The molecule has 1 atom stereocenters. The summed E-state index contributed by atoms with van der Waals surface area (Å²) < 4.78 is 11.6. The van der Waals surface area contributed by atoms with E-state index in [1.165, 1.54) is 38.5 Å². The highest BCUT2D eigenvalue weighted by Gasteiger charge is 2.52. The molecule has 2 aromatic rings. The Morgan fingerprint density at radius 2 is 1.58 bits per heavy atom. The minimum atomic E-state index is 0.217. The van der Waals surface area contributed by atoms with E-state index in [4.69, 9.17) is 44.3 Å². The molecule has 33 heavy (non-hydrogen) atoms. The molecule has 0 saturated heterocycles. The summed E-state index contributed by atoms with van der Waals surface area (Å²) >= 11 is 19.2. The third kappa shape index (κ3) is 4.72. The lowest BCUT2D eigenvalue weighted by Crippen LogP contribution is -2.54. The van der Waals surface area contributed by atoms with E-state index < -0.39 is 0 Å². The van der Waals surface area contributed by atoms with Gasteiger partial charge < -0.3 is 14.8 Å². The van der Waals surface area contributed by atoms with Crippen molar-refractivity contribution < 1.29 is 9.47 Å². The summed E-state index contributed by atoms with van der Waals surface area (Å²) in [6, 6.07) is 9.87. The number of rotatable bonds is 8. The van der Waals surface area contributed by atoms with E-state index in [1.54, 1.807) is 19.2 Å². The molecule has 0 spiro atoms. The molecule has 0 amide bonds. The summed E-state index contributed by atoms with van der Waals surface area (Å²) in [5.74, 6) is 3.99. The molecule has 0 aliphatic heterocycles. The van der Waals surface area contributed by atoms with Gasteiger partial charge in [-0.2, -0.15) is 0 Å². The summed E-state index contributed by atoms with van der Waals surface area (Å²) in [5.41, 5.74) is 2.30. The highest BCUT2D eigenvalue weighted by molar-refractivity contribution is 6.36. The maximum Gasteiger partial charge on any atom is 0.180 e. The van der Waals surface area contributed by atoms with Crippen LogP contribution in [0.5, 0.6) is 11.5 Å². The standard InChI is InChI=1S/C27H32Cl3NO2/c1-16(27-11-17-6-18(12-27)8-19(7-17)13-27)31-14-20-9-24(30)26(25(10-20)32-2)33-15-21-22(28)4-3-5-23(21)29/h3-5,9-10,16-19,31H,6-8,11-15H2,1-2H3. The topological polar surface area (TPSA) is 30.5 Å². The van der Waals surface area contributed by atoms with Gasteiger partial charge in [-0.1, -0.05) is 40.9 Å². The Balaban J connectivity index is 1.26. The van der Waals surface area contributed by atoms with Crippen LogP contribution in [-0.4, -0.2) is 13.2 Å². The van der Waals surface area contributed by atoms with E-state index in [2.05, 4.69) is 12.2 Å². The number of halogens is 3. The molecule has 4 aliphatic carbocycles. The van der Waals surface area contributed by atoms with Gasteiger partial charge in [0.2, 0.25) is 0 Å². The quantitative estimate of drug-likeness (QED) is 0.393. The van der Waals surface area contributed by atoms with Crippen molar-refractivity contribution in [1.82, 2.24) is 5.32 Å². The Labute approximate surface area is 212 Å². The Morgan fingerprint density at radius 1 is 0.970 bits per heavy atom. The number of benzene rings is 2. The molecule has 1 N–H and O–H groups in total. The van der Waals surface area contributed by atoms with Crippen LogP contribution >= 0.6 is 34.8 Å². The highest BCUT2D eigenvalue weighted by Crippen LogP contribution is 2.61. The number of ether oxygens (including phenoxy) is 2. The molecule has 3 nitrogen and oxygen atoms in total. The van der Waals surface area contributed by atoms with Crippen LogP contribution in [0, 0.1) is 23.2 Å². The van der Waals surface area contributed by atoms with Gasteiger partial charge >= 0.3 is 0 Å². The van der Waals surface area contributed by atoms with Crippen LogP contribution in [0.4, 0.5) is 0 Å². The van der Waals surface area contributed by atoms with E-state index >= 15 is 0 Å². The third-order valence-electron chi connectivity index (χ3n) is 8.33. The minimum Gasteiger partial charge on any atom is -0.493 e. The summed E-state index contributed by atoms with van der Waals surface area (Å²) in [7, 11) is 1.64. The smallest absolute Gasteiger partial charge is 0.180 e. The second-order valence-electron chi connectivity index (χ2n) is 10.5. The Kier molecular flexibility index (Phi) is 6.79. The van der Waals surface area contributed by atoms with E-state index in [0.717, 1.165) is 35.4 Å². The molecule has 6 rings (SSSR count). The molecule has 1 unspecified atom stereocenters. The predicted molar refractivity (Wildman–Crippen MR) is 136 cm³/mol. The van der Waals surface area contributed by atoms with Crippen LogP contribution in [0.2, 0.25) is 15.1 Å². The van der Waals surface area contributed by atoms with E-state index in [9.17, 15) is 0 Å². The largest absolute Gasteiger partial charge is 0.493 e. The van der Waals surface area contributed by atoms with Crippen molar-refractivity contribution in [3.63, 3.8) is 0 Å².